The van der Waals surface area contributed by atoms with Crippen molar-refractivity contribution >= 4 is 0 Å². The first-order chi connectivity index (χ1) is 7.26. The molecule has 0 saturated carbocycles. The van der Waals surface area contributed by atoms with Gasteiger partial charge in [-0.3, -0.25) is 0 Å². The van der Waals surface area contributed by atoms with E-state index in [1.807, 2.05) is 6.07 Å². The molecule has 1 rings (SSSR count). The van der Waals surface area contributed by atoms with Crippen LogP contribution in [0.4, 0.5) is 0 Å². The van der Waals surface area contributed by atoms with Crippen molar-refractivity contribution in [2.75, 3.05) is 21.3 Å². The lowest BCUT2D eigenvalue weighted by atomic mass is 10.1. The Bertz CT molecular complexity index is 323. The average Bonchev–Trinajstić information content (AvgIpc) is 2.28. The fraction of sp³-hybridized carbons (Fsp3) is 0.455. The van der Waals surface area contributed by atoms with Crippen molar-refractivity contribution in [3.8, 4) is 11.5 Å². The summed E-state index contributed by atoms with van der Waals surface area (Å²) in [7, 11) is 4.77. The Hall–Kier alpha value is -1.26. The van der Waals surface area contributed by atoms with E-state index < -0.39 is 0 Å². The molecule has 0 aliphatic rings. The van der Waals surface area contributed by atoms with E-state index in [4.69, 9.17) is 19.3 Å². The zero-order valence-electron chi connectivity index (χ0n) is 9.24. The van der Waals surface area contributed by atoms with Crippen LogP contribution in [-0.2, 0) is 18.0 Å². The van der Waals surface area contributed by atoms with Crippen LogP contribution in [0.5, 0.6) is 11.5 Å². The molecule has 0 aliphatic carbocycles. The maximum atomic E-state index is 9.12. The Labute approximate surface area is 89.4 Å². The second-order valence-corrected chi connectivity index (χ2v) is 3.07. The van der Waals surface area contributed by atoms with Gasteiger partial charge in [0.25, 0.3) is 0 Å². The first-order valence-electron chi connectivity index (χ1n) is 4.60. The number of aliphatic hydroxyl groups excluding tert-OH is 1. The largest absolute Gasteiger partial charge is 0.496 e. The fourth-order valence-electron chi connectivity index (χ4n) is 1.42. The fourth-order valence-corrected chi connectivity index (χ4v) is 1.42. The third kappa shape index (κ3) is 2.61. The van der Waals surface area contributed by atoms with Gasteiger partial charge in [0.15, 0.2) is 0 Å². The summed E-state index contributed by atoms with van der Waals surface area (Å²) in [6, 6.07) is 3.57. The highest BCUT2D eigenvalue weighted by Gasteiger charge is 2.10. The molecule has 4 nitrogen and oxygen atoms in total. The van der Waals surface area contributed by atoms with Crippen molar-refractivity contribution in [3.05, 3.63) is 23.3 Å². The average molecular weight is 212 g/mol. The summed E-state index contributed by atoms with van der Waals surface area (Å²) >= 11 is 0. The summed E-state index contributed by atoms with van der Waals surface area (Å²) < 4.78 is 15.4. The van der Waals surface area contributed by atoms with Gasteiger partial charge in [0, 0.05) is 18.2 Å². The van der Waals surface area contributed by atoms with E-state index in [2.05, 4.69) is 0 Å². The molecule has 0 saturated heterocycles. The maximum Gasteiger partial charge on any atom is 0.125 e. The Morgan fingerprint density at radius 2 is 1.53 bits per heavy atom. The minimum Gasteiger partial charge on any atom is -0.496 e. The van der Waals surface area contributed by atoms with Gasteiger partial charge in [-0.05, 0) is 12.1 Å². The van der Waals surface area contributed by atoms with Gasteiger partial charge in [0.05, 0.1) is 27.4 Å². The lowest BCUT2D eigenvalue weighted by molar-refractivity contribution is 0.181. The number of ether oxygens (including phenoxy) is 3. The predicted molar refractivity (Wildman–Crippen MR) is 56.2 cm³/mol. The normalized spacial score (nSPS) is 10.1. The number of hydrogen-bond acceptors (Lipinski definition) is 4. The van der Waals surface area contributed by atoms with Crippen LogP contribution in [-0.4, -0.2) is 26.4 Å². The predicted octanol–water partition coefficient (Wildman–Crippen LogP) is 1.34. The third-order valence-corrected chi connectivity index (χ3v) is 2.15. The van der Waals surface area contributed by atoms with Gasteiger partial charge >= 0.3 is 0 Å². The van der Waals surface area contributed by atoms with E-state index in [-0.39, 0.29) is 6.61 Å². The van der Waals surface area contributed by atoms with Gasteiger partial charge in [0.2, 0.25) is 0 Å². The van der Waals surface area contributed by atoms with Gasteiger partial charge in [-0.1, -0.05) is 0 Å². The molecule has 1 aromatic carbocycles. The first kappa shape index (κ1) is 11.8. The quantitative estimate of drug-likeness (QED) is 0.800. The van der Waals surface area contributed by atoms with Crippen LogP contribution in [0.25, 0.3) is 0 Å². The second kappa shape index (κ2) is 5.58. The molecule has 0 heterocycles. The first-order valence-corrected chi connectivity index (χ1v) is 4.60. The number of rotatable bonds is 5. The standard InChI is InChI=1S/C11H16O4/c1-13-7-9-5-10(14-2)8(6-12)4-11(9)15-3/h4-5,12H,6-7H2,1-3H3. The molecule has 0 aliphatic heterocycles. The van der Waals surface area contributed by atoms with Crippen LogP contribution in [0.15, 0.2) is 12.1 Å². The van der Waals surface area contributed by atoms with Crippen LogP contribution in [0.2, 0.25) is 0 Å². The molecule has 0 aromatic heterocycles. The number of methoxy groups -OCH3 is 3. The lowest BCUT2D eigenvalue weighted by Gasteiger charge is -2.13. The molecule has 0 amide bonds. The zero-order valence-corrected chi connectivity index (χ0v) is 9.24. The van der Waals surface area contributed by atoms with Crippen LogP contribution >= 0.6 is 0 Å². The minimum atomic E-state index is -0.0766. The van der Waals surface area contributed by atoms with E-state index in [1.54, 1.807) is 27.4 Å². The number of hydrogen-bond donors (Lipinski definition) is 1. The third-order valence-electron chi connectivity index (χ3n) is 2.15. The lowest BCUT2D eigenvalue weighted by Crippen LogP contribution is -1.99. The van der Waals surface area contributed by atoms with E-state index in [0.29, 0.717) is 23.7 Å². The molecular weight excluding hydrogens is 196 g/mol. The molecule has 0 atom stereocenters. The van der Waals surface area contributed by atoms with Gasteiger partial charge < -0.3 is 19.3 Å². The van der Waals surface area contributed by atoms with Crippen molar-refractivity contribution in [2.45, 2.75) is 13.2 Å². The molecule has 0 spiro atoms. The van der Waals surface area contributed by atoms with Gasteiger partial charge in [-0.25, -0.2) is 0 Å². The van der Waals surface area contributed by atoms with E-state index in [1.165, 1.54) is 0 Å². The van der Waals surface area contributed by atoms with Gasteiger partial charge in [0.1, 0.15) is 11.5 Å². The highest BCUT2D eigenvalue weighted by atomic mass is 16.5. The molecule has 0 fully saturated rings. The van der Waals surface area contributed by atoms with E-state index in [0.717, 1.165) is 5.56 Å². The molecule has 0 unspecified atom stereocenters. The summed E-state index contributed by atoms with van der Waals surface area (Å²) in [5.74, 6) is 1.34. The SMILES string of the molecule is COCc1cc(OC)c(CO)cc1OC. The van der Waals surface area contributed by atoms with Crippen molar-refractivity contribution in [3.63, 3.8) is 0 Å². The Balaban J connectivity index is 3.15. The summed E-state index contributed by atoms with van der Waals surface area (Å²) in [6.07, 6.45) is 0. The van der Waals surface area contributed by atoms with Crippen molar-refractivity contribution in [2.24, 2.45) is 0 Å². The zero-order chi connectivity index (χ0) is 11.3. The maximum absolute atomic E-state index is 9.12. The van der Waals surface area contributed by atoms with Crippen LogP contribution < -0.4 is 9.47 Å². The molecule has 84 valence electrons. The smallest absolute Gasteiger partial charge is 0.125 e. The Kier molecular flexibility index (Phi) is 4.39. The van der Waals surface area contributed by atoms with Crippen LogP contribution in [0, 0.1) is 0 Å². The van der Waals surface area contributed by atoms with E-state index in [9.17, 15) is 0 Å². The van der Waals surface area contributed by atoms with Crippen molar-refractivity contribution in [1.82, 2.24) is 0 Å². The summed E-state index contributed by atoms with van der Waals surface area (Å²) in [5.41, 5.74) is 1.60. The summed E-state index contributed by atoms with van der Waals surface area (Å²) in [6.45, 7) is 0.373. The number of aliphatic hydroxyl groups is 1. The Morgan fingerprint density at radius 1 is 1.00 bits per heavy atom. The number of benzene rings is 1. The molecule has 0 radical (unpaired) electrons. The van der Waals surface area contributed by atoms with Gasteiger partial charge in [-0.15, -0.1) is 0 Å². The highest BCUT2D eigenvalue weighted by molar-refractivity contribution is 5.46. The summed E-state index contributed by atoms with van der Waals surface area (Å²) in [5, 5.41) is 9.12. The topological polar surface area (TPSA) is 47.9 Å². The molecule has 0 bridgehead atoms. The summed E-state index contributed by atoms with van der Waals surface area (Å²) in [4.78, 5) is 0. The van der Waals surface area contributed by atoms with Crippen LogP contribution in [0.1, 0.15) is 11.1 Å². The minimum absolute atomic E-state index is 0.0766. The molecular formula is C11H16O4. The highest BCUT2D eigenvalue weighted by Crippen LogP contribution is 2.29. The molecule has 1 N–H and O–H groups in total. The van der Waals surface area contributed by atoms with E-state index >= 15 is 0 Å². The molecule has 15 heavy (non-hydrogen) atoms. The van der Waals surface area contributed by atoms with Crippen LogP contribution in [0.3, 0.4) is 0 Å². The molecule has 4 heteroatoms. The monoisotopic (exact) mass is 212 g/mol. The van der Waals surface area contributed by atoms with Gasteiger partial charge in [-0.2, -0.15) is 0 Å². The van der Waals surface area contributed by atoms with Crippen molar-refractivity contribution in [1.29, 1.82) is 0 Å². The second-order valence-electron chi connectivity index (χ2n) is 3.07. The van der Waals surface area contributed by atoms with Crippen molar-refractivity contribution < 1.29 is 19.3 Å². The molecule has 1 aromatic rings. The Morgan fingerprint density at radius 3 is 2.00 bits per heavy atom.